The number of carbonyl (C=O) groups is 1. The van der Waals surface area contributed by atoms with Crippen LogP contribution in [0.2, 0.25) is 0 Å². The monoisotopic (exact) mass is 357 g/mol. The van der Waals surface area contributed by atoms with E-state index in [2.05, 4.69) is 35.2 Å². The van der Waals surface area contributed by atoms with Gasteiger partial charge in [-0.15, -0.1) is 0 Å². The Kier molecular flexibility index (Phi) is 6.00. The predicted molar refractivity (Wildman–Crippen MR) is 99.2 cm³/mol. The third-order valence-corrected chi connectivity index (χ3v) is 5.68. The van der Waals surface area contributed by atoms with Crippen LogP contribution in [0.4, 0.5) is 0 Å². The van der Waals surface area contributed by atoms with E-state index in [1.165, 1.54) is 10.5 Å². The second kappa shape index (κ2) is 8.41. The second-order valence-corrected chi connectivity index (χ2v) is 7.39. The number of ether oxygens (including phenoxy) is 1. The first-order valence-corrected chi connectivity index (χ1v) is 9.32. The van der Waals surface area contributed by atoms with Crippen molar-refractivity contribution in [2.24, 2.45) is 5.92 Å². The maximum absolute atomic E-state index is 11.1. The topological polar surface area (TPSA) is 49.8 Å². The summed E-state index contributed by atoms with van der Waals surface area (Å²) in [6.45, 7) is 2.55. The number of carboxylic acids is 1. The molecule has 3 rings (SSSR count). The van der Waals surface area contributed by atoms with E-state index < -0.39 is 5.97 Å². The first kappa shape index (κ1) is 17.8. The van der Waals surface area contributed by atoms with E-state index in [0.717, 1.165) is 43.1 Å². The third kappa shape index (κ3) is 4.77. The van der Waals surface area contributed by atoms with Gasteiger partial charge in [0.2, 0.25) is 0 Å². The molecule has 0 atom stereocenters. The number of nitrogens with zero attached hydrogens (tertiary/aromatic N) is 1. The molecule has 2 aromatic rings. The van der Waals surface area contributed by atoms with E-state index >= 15 is 0 Å². The summed E-state index contributed by atoms with van der Waals surface area (Å²) in [4.78, 5) is 15.8. The summed E-state index contributed by atoms with van der Waals surface area (Å²) in [5.41, 5.74) is 1.28. The third-order valence-electron chi connectivity index (χ3n) is 4.57. The standard InChI is InChI=1S/C20H23NO3S/c1-24-17-6-4-7-18(13-17)25-19-8-3-2-5-16(19)14-21-11-9-15(10-12-21)20(22)23/h2-8,13,15H,9-12,14H2,1H3,(H,22,23). The van der Waals surface area contributed by atoms with Crippen LogP contribution in [-0.4, -0.2) is 36.2 Å². The molecule has 132 valence electrons. The zero-order valence-corrected chi connectivity index (χ0v) is 15.2. The van der Waals surface area contributed by atoms with E-state index in [0.29, 0.717) is 0 Å². The lowest BCUT2D eigenvalue weighted by Gasteiger charge is -2.30. The lowest BCUT2D eigenvalue weighted by atomic mass is 9.97. The van der Waals surface area contributed by atoms with E-state index in [-0.39, 0.29) is 5.92 Å². The molecule has 0 radical (unpaired) electrons. The Morgan fingerprint density at radius 3 is 2.68 bits per heavy atom. The van der Waals surface area contributed by atoms with Crippen molar-refractivity contribution in [1.29, 1.82) is 0 Å². The van der Waals surface area contributed by atoms with E-state index in [4.69, 9.17) is 9.84 Å². The fourth-order valence-corrected chi connectivity index (χ4v) is 4.09. The molecule has 0 amide bonds. The van der Waals surface area contributed by atoms with Crippen LogP contribution < -0.4 is 4.74 Å². The average Bonchev–Trinajstić information content (AvgIpc) is 2.64. The molecule has 0 bridgehead atoms. The van der Waals surface area contributed by atoms with Crippen molar-refractivity contribution in [3.05, 3.63) is 54.1 Å². The molecule has 1 heterocycles. The Morgan fingerprint density at radius 2 is 1.96 bits per heavy atom. The first-order valence-electron chi connectivity index (χ1n) is 8.50. The van der Waals surface area contributed by atoms with Gasteiger partial charge < -0.3 is 9.84 Å². The van der Waals surface area contributed by atoms with Crippen molar-refractivity contribution in [3.8, 4) is 5.75 Å². The number of piperidine rings is 1. The lowest BCUT2D eigenvalue weighted by molar-refractivity contribution is -0.143. The summed E-state index contributed by atoms with van der Waals surface area (Å²) in [6, 6.07) is 16.5. The number of methoxy groups -OCH3 is 1. The zero-order valence-electron chi connectivity index (χ0n) is 14.4. The van der Waals surface area contributed by atoms with Gasteiger partial charge in [-0.3, -0.25) is 9.69 Å². The van der Waals surface area contributed by atoms with Gasteiger partial charge in [0, 0.05) is 16.3 Å². The van der Waals surface area contributed by atoms with Crippen LogP contribution in [0.3, 0.4) is 0 Å². The van der Waals surface area contributed by atoms with E-state index in [1.54, 1.807) is 18.9 Å². The number of hydrogen-bond acceptors (Lipinski definition) is 4. The molecule has 0 saturated carbocycles. The molecule has 1 fully saturated rings. The molecule has 1 N–H and O–H groups in total. The molecular formula is C20H23NO3S. The lowest BCUT2D eigenvalue weighted by Crippen LogP contribution is -2.35. The molecule has 1 aliphatic rings. The fourth-order valence-electron chi connectivity index (χ4n) is 3.10. The molecule has 25 heavy (non-hydrogen) atoms. The molecular weight excluding hydrogens is 334 g/mol. The van der Waals surface area contributed by atoms with Gasteiger partial charge >= 0.3 is 5.97 Å². The minimum absolute atomic E-state index is 0.183. The molecule has 0 aliphatic carbocycles. The van der Waals surface area contributed by atoms with Crippen LogP contribution in [-0.2, 0) is 11.3 Å². The van der Waals surface area contributed by atoms with Crippen molar-refractivity contribution in [1.82, 2.24) is 4.90 Å². The van der Waals surface area contributed by atoms with Crippen LogP contribution in [0.1, 0.15) is 18.4 Å². The Bertz CT molecular complexity index is 726. The molecule has 0 unspecified atom stereocenters. The van der Waals surface area contributed by atoms with Crippen LogP contribution in [0, 0.1) is 5.92 Å². The Labute approximate surface area is 152 Å². The first-order chi connectivity index (χ1) is 12.2. The van der Waals surface area contributed by atoms with E-state index in [9.17, 15) is 4.79 Å². The normalized spacial score (nSPS) is 15.9. The molecule has 2 aromatic carbocycles. The highest BCUT2D eigenvalue weighted by atomic mass is 32.2. The molecule has 1 saturated heterocycles. The summed E-state index contributed by atoms with van der Waals surface area (Å²) in [7, 11) is 1.68. The van der Waals surface area contributed by atoms with Crippen LogP contribution in [0.15, 0.2) is 58.3 Å². The smallest absolute Gasteiger partial charge is 0.306 e. The number of aliphatic carboxylic acids is 1. The Hall–Kier alpha value is -1.98. The van der Waals surface area contributed by atoms with Crippen molar-refractivity contribution in [2.45, 2.75) is 29.2 Å². The quantitative estimate of drug-likeness (QED) is 0.842. The summed E-state index contributed by atoms with van der Waals surface area (Å²) in [6.07, 6.45) is 1.47. The minimum atomic E-state index is -0.659. The van der Waals surface area contributed by atoms with Crippen molar-refractivity contribution in [2.75, 3.05) is 20.2 Å². The SMILES string of the molecule is COc1cccc(Sc2ccccc2CN2CCC(C(=O)O)CC2)c1. The number of likely N-dealkylation sites (tertiary alicyclic amines) is 1. The van der Waals surface area contributed by atoms with Crippen LogP contribution in [0.5, 0.6) is 5.75 Å². The Morgan fingerprint density at radius 1 is 1.20 bits per heavy atom. The van der Waals surface area contributed by atoms with Gasteiger partial charge in [0.15, 0.2) is 0 Å². The molecule has 1 aliphatic heterocycles. The average molecular weight is 357 g/mol. The number of carboxylic acid groups (broad SMARTS) is 1. The Balaban J connectivity index is 1.68. The molecule has 5 heteroatoms. The summed E-state index contributed by atoms with van der Waals surface area (Å²) in [5.74, 6) is 0.0181. The van der Waals surface area contributed by atoms with Gasteiger partial charge in [0.1, 0.15) is 5.75 Å². The maximum Gasteiger partial charge on any atom is 0.306 e. The van der Waals surface area contributed by atoms with Gasteiger partial charge in [-0.1, -0.05) is 36.0 Å². The van der Waals surface area contributed by atoms with Gasteiger partial charge in [0.05, 0.1) is 13.0 Å². The minimum Gasteiger partial charge on any atom is -0.497 e. The van der Waals surface area contributed by atoms with Crippen molar-refractivity contribution in [3.63, 3.8) is 0 Å². The highest BCUT2D eigenvalue weighted by molar-refractivity contribution is 7.99. The number of rotatable bonds is 6. The van der Waals surface area contributed by atoms with Crippen LogP contribution in [0.25, 0.3) is 0 Å². The second-order valence-electron chi connectivity index (χ2n) is 6.28. The summed E-state index contributed by atoms with van der Waals surface area (Å²) in [5, 5.41) is 9.13. The van der Waals surface area contributed by atoms with Gasteiger partial charge in [-0.2, -0.15) is 0 Å². The number of hydrogen-bond donors (Lipinski definition) is 1. The van der Waals surface area contributed by atoms with Gasteiger partial charge in [0.25, 0.3) is 0 Å². The number of benzene rings is 2. The summed E-state index contributed by atoms with van der Waals surface area (Å²) < 4.78 is 5.30. The van der Waals surface area contributed by atoms with Gasteiger partial charge in [-0.05, 0) is 55.8 Å². The summed E-state index contributed by atoms with van der Waals surface area (Å²) >= 11 is 1.74. The highest BCUT2D eigenvalue weighted by Gasteiger charge is 2.24. The van der Waals surface area contributed by atoms with Crippen LogP contribution >= 0.6 is 11.8 Å². The maximum atomic E-state index is 11.1. The highest BCUT2D eigenvalue weighted by Crippen LogP contribution is 2.33. The molecule has 4 nitrogen and oxygen atoms in total. The van der Waals surface area contributed by atoms with Crippen molar-refractivity contribution >= 4 is 17.7 Å². The zero-order chi connectivity index (χ0) is 17.6. The van der Waals surface area contributed by atoms with E-state index in [1.807, 2.05) is 18.2 Å². The van der Waals surface area contributed by atoms with Gasteiger partial charge in [-0.25, -0.2) is 0 Å². The van der Waals surface area contributed by atoms with Crippen molar-refractivity contribution < 1.29 is 14.6 Å². The fraction of sp³-hybridized carbons (Fsp3) is 0.350. The predicted octanol–water partition coefficient (Wildman–Crippen LogP) is 4.14. The molecule has 0 aromatic heterocycles. The molecule has 0 spiro atoms. The largest absolute Gasteiger partial charge is 0.497 e.